The zero-order valence-electron chi connectivity index (χ0n) is 13.4. The Bertz CT molecular complexity index is 802. The molecule has 1 N–H and O–H groups in total. The Hall–Kier alpha value is -2.41. The fourth-order valence-electron chi connectivity index (χ4n) is 2.15. The number of methoxy groups -OCH3 is 3. The van der Waals surface area contributed by atoms with E-state index in [1.807, 2.05) is 6.92 Å². The van der Waals surface area contributed by atoms with Crippen LogP contribution in [0.5, 0.6) is 17.2 Å². The maximum absolute atomic E-state index is 12.6. The van der Waals surface area contributed by atoms with E-state index in [1.165, 1.54) is 26.4 Å². The molecule has 0 atom stereocenters. The quantitative estimate of drug-likeness (QED) is 0.877. The highest BCUT2D eigenvalue weighted by atomic mass is 32.2. The number of nitrogens with one attached hydrogen (secondary N) is 1. The van der Waals surface area contributed by atoms with Gasteiger partial charge in [-0.2, -0.15) is 0 Å². The van der Waals surface area contributed by atoms with E-state index in [1.54, 1.807) is 31.4 Å². The summed E-state index contributed by atoms with van der Waals surface area (Å²) in [5.41, 5.74) is 1.27. The summed E-state index contributed by atoms with van der Waals surface area (Å²) < 4.78 is 43.1. The number of rotatable bonds is 6. The zero-order valence-corrected chi connectivity index (χ0v) is 14.2. The Morgan fingerprint density at radius 1 is 0.870 bits per heavy atom. The molecule has 0 aliphatic rings. The molecule has 124 valence electrons. The lowest BCUT2D eigenvalue weighted by molar-refractivity contribution is 0.386. The van der Waals surface area contributed by atoms with Gasteiger partial charge in [0.25, 0.3) is 10.0 Å². The minimum absolute atomic E-state index is 0.0364. The van der Waals surface area contributed by atoms with Crippen LogP contribution in [0.1, 0.15) is 5.56 Å². The van der Waals surface area contributed by atoms with Crippen LogP contribution in [-0.4, -0.2) is 29.7 Å². The normalized spacial score (nSPS) is 11.0. The number of hydrogen-bond donors (Lipinski definition) is 1. The zero-order chi connectivity index (χ0) is 17.0. The molecule has 0 heterocycles. The smallest absolute Gasteiger partial charge is 0.265 e. The van der Waals surface area contributed by atoms with Gasteiger partial charge in [0.2, 0.25) is 0 Å². The molecule has 0 fully saturated rings. The van der Waals surface area contributed by atoms with Gasteiger partial charge in [-0.1, -0.05) is 0 Å². The second-order valence-electron chi connectivity index (χ2n) is 4.81. The van der Waals surface area contributed by atoms with Crippen molar-refractivity contribution in [1.29, 1.82) is 0 Å². The highest BCUT2D eigenvalue weighted by Gasteiger charge is 2.20. The van der Waals surface area contributed by atoms with Gasteiger partial charge in [0, 0.05) is 11.8 Å². The number of hydrogen-bond acceptors (Lipinski definition) is 5. The number of ether oxygens (including phenoxy) is 3. The lowest BCUT2D eigenvalue weighted by atomic mass is 10.2. The number of sulfonamides is 1. The summed E-state index contributed by atoms with van der Waals surface area (Å²) in [7, 11) is 0.684. The van der Waals surface area contributed by atoms with Crippen molar-refractivity contribution in [2.75, 3.05) is 26.1 Å². The van der Waals surface area contributed by atoms with Gasteiger partial charge in [-0.25, -0.2) is 8.42 Å². The molecule has 2 aromatic carbocycles. The van der Waals surface area contributed by atoms with Gasteiger partial charge < -0.3 is 14.2 Å². The average Bonchev–Trinajstić information content (AvgIpc) is 2.54. The van der Waals surface area contributed by atoms with E-state index in [9.17, 15) is 8.42 Å². The van der Waals surface area contributed by atoms with Gasteiger partial charge in [0.05, 0.1) is 21.3 Å². The van der Waals surface area contributed by atoms with Crippen molar-refractivity contribution in [3.63, 3.8) is 0 Å². The van der Waals surface area contributed by atoms with Crippen molar-refractivity contribution in [3.8, 4) is 17.2 Å². The summed E-state index contributed by atoms with van der Waals surface area (Å²) in [6.07, 6.45) is 0. The maximum Gasteiger partial charge on any atom is 0.265 e. The monoisotopic (exact) mass is 337 g/mol. The Morgan fingerprint density at radius 3 is 2.13 bits per heavy atom. The maximum atomic E-state index is 12.6. The predicted octanol–water partition coefficient (Wildman–Crippen LogP) is 2.82. The van der Waals surface area contributed by atoms with E-state index in [4.69, 9.17) is 14.2 Å². The largest absolute Gasteiger partial charge is 0.497 e. The molecule has 0 radical (unpaired) electrons. The molecule has 23 heavy (non-hydrogen) atoms. The average molecular weight is 337 g/mol. The first-order chi connectivity index (χ1) is 10.9. The van der Waals surface area contributed by atoms with Crippen molar-refractivity contribution in [2.24, 2.45) is 0 Å². The summed E-state index contributed by atoms with van der Waals surface area (Å²) in [5, 5.41) is 0. The third kappa shape index (κ3) is 3.68. The molecule has 0 saturated carbocycles. The highest BCUT2D eigenvalue weighted by molar-refractivity contribution is 7.92. The summed E-state index contributed by atoms with van der Waals surface area (Å²) in [6.45, 7) is 1.84. The van der Waals surface area contributed by atoms with Crippen LogP contribution >= 0.6 is 0 Å². The van der Waals surface area contributed by atoms with Crippen LogP contribution in [0.2, 0.25) is 0 Å². The second-order valence-corrected chi connectivity index (χ2v) is 6.46. The fraction of sp³-hybridized carbons (Fsp3) is 0.250. The molecule has 2 aromatic rings. The van der Waals surface area contributed by atoms with Crippen molar-refractivity contribution < 1.29 is 22.6 Å². The molecule has 0 spiro atoms. The van der Waals surface area contributed by atoms with E-state index < -0.39 is 10.0 Å². The predicted molar refractivity (Wildman–Crippen MR) is 88.1 cm³/mol. The van der Waals surface area contributed by atoms with Crippen LogP contribution in [0.25, 0.3) is 0 Å². The van der Waals surface area contributed by atoms with E-state index in [-0.39, 0.29) is 10.6 Å². The minimum atomic E-state index is -3.79. The van der Waals surface area contributed by atoms with Gasteiger partial charge in [-0.05, 0) is 42.8 Å². The first kappa shape index (κ1) is 17.0. The molecular formula is C16H19NO5S. The number of aryl methyl sites for hydroxylation is 1. The third-order valence-electron chi connectivity index (χ3n) is 3.31. The van der Waals surface area contributed by atoms with Gasteiger partial charge in [-0.15, -0.1) is 0 Å². The Labute approximate surface area is 136 Å². The van der Waals surface area contributed by atoms with Crippen LogP contribution < -0.4 is 18.9 Å². The molecule has 0 aliphatic carbocycles. The molecule has 0 saturated heterocycles. The molecule has 0 unspecified atom stereocenters. The first-order valence-corrected chi connectivity index (χ1v) is 8.29. The minimum Gasteiger partial charge on any atom is -0.497 e. The molecule has 0 aliphatic heterocycles. The Morgan fingerprint density at radius 2 is 1.57 bits per heavy atom. The van der Waals surface area contributed by atoms with Gasteiger partial charge in [0.1, 0.15) is 22.1 Å². The second kappa shape index (κ2) is 6.78. The molecule has 2 rings (SSSR count). The molecule has 0 aromatic heterocycles. The van der Waals surface area contributed by atoms with E-state index in [0.29, 0.717) is 17.2 Å². The summed E-state index contributed by atoms with van der Waals surface area (Å²) in [4.78, 5) is 0.0364. The Kier molecular flexibility index (Phi) is 5.00. The van der Waals surface area contributed by atoms with Crippen molar-refractivity contribution in [2.45, 2.75) is 11.8 Å². The van der Waals surface area contributed by atoms with Crippen LogP contribution in [0.15, 0.2) is 41.3 Å². The number of anilines is 1. The van der Waals surface area contributed by atoms with Crippen LogP contribution in [0, 0.1) is 6.92 Å². The highest BCUT2D eigenvalue weighted by Crippen LogP contribution is 2.30. The van der Waals surface area contributed by atoms with Gasteiger partial charge in [-0.3, -0.25) is 4.72 Å². The first-order valence-electron chi connectivity index (χ1n) is 6.80. The van der Waals surface area contributed by atoms with E-state index in [2.05, 4.69) is 4.72 Å². The van der Waals surface area contributed by atoms with E-state index in [0.717, 1.165) is 5.56 Å². The number of benzene rings is 2. The summed E-state index contributed by atoms with van der Waals surface area (Å²) >= 11 is 0. The van der Waals surface area contributed by atoms with E-state index >= 15 is 0 Å². The van der Waals surface area contributed by atoms with Gasteiger partial charge in [0.15, 0.2) is 0 Å². The van der Waals surface area contributed by atoms with Crippen LogP contribution in [-0.2, 0) is 10.0 Å². The standard InChI is InChI=1S/C16H19NO5S/c1-11-9-12(5-7-14(11)21-3)17-23(18,19)16-8-6-13(20-2)10-15(16)22-4/h5-10,17H,1-4H3. The Balaban J connectivity index is 2.37. The van der Waals surface area contributed by atoms with Crippen LogP contribution in [0.4, 0.5) is 5.69 Å². The fourth-order valence-corrected chi connectivity index (χ4v) is 3.35. The van der Waals surface area contributed by atoms with Crippen LogP contribution in [0.3, 0.4) is 0 Å². The summed E-state index contributed by atoms with van der Waals surface area (Å²) in [6, 6.07) is 9.57. The molecule has 0 bridgehead atoms. The van der Waals surface area contributed by atoms with Crippen molar-refractivity contribution in [3.05, 3.63) is 42.0 Å². The molecule has 6 nitrogen and oxygen atoms in total. The lowest BCUT2D eigenvalue weighted by Crippen LogP contribution is -2.14. The summed E-state index contributed by atoms with van der Waals surface area (Å²) in [5.74, 6) is 1.41. The van der Waals surface area contributed by atoms with Gasteiger partial charge >= 0.3 is 0 Å². The van der Waals surface area contributed by atoms with Crippen molar-refractivity contribution >= 4 is 15.7 Å². The van der Waals surface area contributed by atoms with Crippen molar-refractivity contribution in [1.82, 2.24) is 0 Å². The molecule has 7 heteroatoms. The molecule has 0 amide bonds. The topological polar surface area (TPSA) is 73.9 Å². The molecular weight excluding hydrogens is 318 g/mol. The SMILES string of the molecule is COc1ccc(S(=O)(=O)Nc2ccc(OC)c(C)c2)c(OC)c1. The lowest BCUT2D eigenvalue weighted by Gasteiger charge is -2.13. The third-order valence-corrected chi connectivity index (χ3v) is 4.73.